The van der Waals surface area contributed by atoms with E-state index in [2.05, 4.69) is 5.32 Å². The second-order valence-electron chi connectivity index (χ2n) is 9.15. The number of dihydropyridines is 1. The van der Waals surface area contributed by atoms with Crippen LogP contribution in [-0.4, -0.2) is 32.3 Å². The molecule has 2 aliphatic heterocycles. The van der Waals surface area contributed by atoms with Crippen molar-refractivity contribution in [3.63, 3.8) is 0 Å². The van der Waals surface area contributed by atoms with Crippen molar-refractivity contribution in [2.75, 3.05) is 20.5 Å². The number of fused-ring (bicyclic) bond motifs is 1. The molecular formula is C28H28ClNO6. The summed E-state index contributed by atoms with van der Waals surface area (Å²) in [6.45, 7) is 4.15. The maximum Gasteiger partial charge on any atom is 0.336 e. The number of hydrogen-bond donors (Lipinski definition) is 1. The van der Waals surface area contributed by atoms with E-state index in [1.807, 2.05) is 38.1 Å². The van der Waals surface area contributed by atoms with Gasteiger partial charge in [-0.05, 0) is 55.0 Å². The minimum Gasteiger partial charge on any atom is -0.497 e. The number of halogens is 1. The molecular weight excluding hydrogens is 482 g/mol. The Hall–Kier alpha value is -3.45. The maximum absolute atomic E-state index is 13.8. The van der Waals surface area contributed by atoms with E-state index in [0.29, 0.717) is 58.2 Å². The number of Topliss-reactive ketones (excluding diaryl/α,β-unsaturated/α-hetero) is 1. The topological polar surface area (TPSA) is 83.1 Å². The highest BCUT2D eigenvalue weighted by molar-refractivity contribution is 6.32. The summed E-state index contributed by atoms with van der Waals surface area (Å²) in [5.41, 5.74) is 4.07. The predicted molar refractivity (Wildman–Crippen MR) is 134 cm³/mol. The molecule has 2 aromatic carbocycles. The summed E-state index contributed by atoms with van der Waals surface area (Å²) in [6, 6.07) is 11.2. The average Bonchev–Trinajstić information content (AvgIpc) is 3.33. The lowest BCUT2D eigenvalue weighted by molar-refractivity contribution is -0.139. The highest BCUT2D eigenvalue weighted by Gasteiger charge is 2.42. The third-order valence-electron chi connectivity index (χ3n) is 6.87. The van der Waals surface area contributed by atoms with Gasteiger partial charge in [0.1, 0.15) is 5.75 Å². The van der Waals surface area contributed by atoms with Crippen LogP contribution in [0.2, 0.25) is 5.02 Å². The first-order valence-corrected chi connectivity index (χ1v) is 12.4. The zero-order chi connectivity index (χ0) is 25.4. The molecule has 0 saturated carbocycles. The Labute approximate surface area is 215 Å². The molecule has 1 aliphatic carbocycles. The van der Waals surface area contributed by atoms with E-state index < -0.39 is 11.9 Å². The Balaban J connectivity index is 1.59. The lowest BCUT2D eigenvalue weighted by Crippen LogP contribution is -2.36. The fraction of sp³-hybridized carbons (Fsp3) is 0.357. The third-order valence-corrected chi connectivity index (χ3v) is 7.20. The highest BCUT2D eigenvalue weighted by Crippen LogP contribution is 2.49. The Morgan fingerprint density at radius 2 is 1.86 bits per heavy atom. The molecule has 0 spiro atoms. The number of ether oxygens (including phenoxy) is 4. The van der Waals surface area contributed by atoms with Crippen molar-refractivity contribution < 1.29 is 28.5 Å². The van der Waals surface area contributed by atoms with Crippen molar-refractivity contribution in [3.8, 4) is 17.2 Å². The van der Waals surface area contributed by atoms with Crippen molar-refractivity contribution in [2.45, 2.75) is 44.9 Å². The minimum atomic E-state index is -0.670. The highest BCUT2D eigenvalue weighted by atomic mass is 35.5. The Kier molecular flexibility index (Phi) is 6.67. The zero-order valence-electron chi connectivity index (χ0n) is 20.5. The number of carbonyl (C=O) groups excluding carboxylic acids is 2. The molecule has 3 aliphatic rings. The lowest BCUT2D eigenvalue weighted by atomic mass is 9.71. The maximum atomic E-state index is 13.8. The summed E-state index contributed by atoms with van der Waals surface area (Å²) in [5.74, 6) is 0.684. The minimum absolute atomic E-state index is 0.00363. The second kappa shape index (κ2) is 9.90. The van der Waals surface area contributed by atoms with Crippen LogP contribution in [0.25, 0.3) is 0 Å². The molecule has 8 heteroatoms. The van der Waals surface area contributed by atoms with Gasteiger partial charge < -0.3 is 24.3 Å². The van der Waals surface area contributed by atoms with Gasteiger partial charge in [0.2, 0.25) is 6.79 Å². The van der Waals surface area contributed by atoms with Crippen LogP contribution in [0, 0.1) is 0 Å². The number of allylic oxidation sites excluding steroid dienone is 3. The van der Waals surface area contributed by atoms with Crippen LogP contribution < -0.4 is 19.5 Å². The van der Waals surface area contributed by atoms with E-state index in [0.717, 1.165) is 17.0 Å². The Bertz CT molecular complexity index is 1280. The Morgan fingerprint density at radius 3 is 2.56 bits per heavy atom. The number of hydrogen-bond acceptors (Lipinski definition) is 7. The van der Waals surface area contributed by atoms with Gasteiger partial charge in [-0.15, -0.1) is 0 Å². The van der Waals surface area contributed by atoms with Crippen LogP contribution in [0.3, 0.4) is 0 Å². The van der Waals surface area contributed by atoms with Gasteiger partial charge in [-0.2, -0.15) is 0 Å². The molecule has 2 aromatic rings. The second-order valence-corrected chi connectivity index (χ2v) is 9.56. The normalized spacial score (nSPS) is 20.7. The van der Waals surface area contributed by atoms with Crippen molar-refractivity contribution in [1.82, 2.24) is 5.32 Å². The van der Waals surface area contributed by atoms with E-state index in [1.165, 1.54) is 0 Å². The van der Waals surface area contributed by atoms with Gasteiger partial charge in [0.25, 0.3) is 0 Å². The van der Waals surface area contributed by atoms with Crippen LogP contribution in [0.15, 0.2) is 58.9 Å². The SMILES string of the molecule is CCCOC(=O)C1=C(C)NC2=C(C(=O)CC(c3ccc(OC)cc3)C2)C1c1cc2c(cc1Cl)OCO2. The van der Waals surface area contributed by atoms with Crippen molar-refractivity contribution in [3.05, 3.63) is 75.1 Å². The number of nitrogens with one attached hydrogen (secondary N) is 1. The van der Waals surface area contributed by atoms with E-state index in [1.54, 1.807) is 19.2 Å². The molecule has 2 atom stereocenters. The number of methoxy groups -OCH3 is 1. The number of rotatable bonds is 6. The smallest absolute Gasteiger partial charge is 0.336 e. The van der Waals surface area contributed by atoms with Crippen LogP contribution in [-0.2, 0) is 14.3 Å². The summed E-state index contributed by atoms with van der Waals surface area (Å²) in [6.07, 6.45) is 1.64. The van der Waals surface area contributed by atoms with Gasteiger partial charge in [0, 0.05) is 40.4 Å². The van der Waals surface area contributed by atoms with Gasteiger partial charge in [0.05, 0.1) is 19.3 Å². The summed E-state index contributed by atoms with van der Waals surface area (Å²) >= 11 is 6.72. The van der Waals surface area contributed by atoms with Crippen LogP contribution in [0.5, 0.6) is 17.2 Å². The van der Waals surface area contributed by atoms with Gasteiger partial charge in [-0.1, -0.05) is 30.7 Å². The fourth-order valence-electron chi connectivity index (χ4n) is 5.16. The van der Waals surface area contributed by atoms with Gasteiger partial charge >= 0.3 is 5.97 Å². The number of ketones is 1. The molecule has 0 fully saturated rings. The molecule has 1 N–H and O–H groups in total. The number of carbonyl (C=O) groups is 2. The molecule has 0 radical (unpaired) electrons. The molecule has 5 rings (SSSR count). The molecule has 0 saturated heterocycles. The molecule has 0 bridgehead atoms. The van der Waals surface area contributed by atoms with E-state index in [-0.39, 0.29) is 25.1 Å². The first kappa shape index (κ1) is 24.3. The van der Waals surface area contributed by atoms with E-state index >= 15 is 0 Å². The van der Waals surface area contributed by atoms with Gasteiger partial charge in [-0.25, -0.2) is 4.79 Å². The van der Waals surface area contributed by atoms with E-state index in [4.69, 9.17) is 30.5 Å². The average molecular weight is 510 g/mol. The lowest BCUT2D eigenvalue weighted by Gasteiger charge is -2.37. The fourth-order valence-corrected chi connectivity index (χ4v) is 5.42. The molecule has 7 nitrogen and oxygen atoms in total. The van der Waals surface area contributed by atoms with Gasteiger partial charge in [-0.3, -0.25) is 4.79 Å². The van der Waals surface area contributed by atoms with Crippen molar-refractivity contribution in [1.29, 1.82) is 0 Å². The monoisotopic (exact) mass is 509 g/mol. The molecule has 2 unspecified atom stereocenters. The Morgan fingerprint density at radius 1 is 1.14 bits per heavy atom. The largest absolute Gasteiger partial charge is 0.497 e. The number of benzene rings is 2. The van der Waals surface area contributed by atoms with Crippen LogP contribution in [0.1, 0.15) is 56.1 Å². The van der Waals surface area contributed by atoms with Crippen LogP contribution in [0.4, 0.5) is 0 Å². The molecule has 2 heterocycles. The van der Waals surface area contributed by atoms with E-state index in [9.17, 15) is 9.59 Å². The summed E-state index contributed by atoms with van der Waals surface area (Å²) in [5, 5.41) is 3.76. The molecule has 36 heavy (non-hydrogen) atoms. The first-order chi connectivity index (χ1) is 17.4. The quantitative estimate of drug-likeness (QED) is 0.522. The summed E-state index contributed by atoms with van der Waals surface area (Å²) < 4.78 is 21.9. The molecule has 0 aromatic heterocycles. The first-order valence-electron chi connectivity index (χ1n) is 12.0. The third kappa shape index (κ3) is 4.32. The zero-order valence-corrected chi connectivity index (χ0v) is 21.2. The standard InChI is InChI=1S/C28H28ClNO6/c1-4-9-34-28(32)25-15(2)30-21-10-17(16-5-7-18(33-3)8-6-16)11-22(31)27(21)26(25)19-12-23-24(13-20(19)29)36-14-35-23/h5-8,12-13,17,26,30H,4,9-11,14H2,1-3H3. The van der Waals surface area contributed by atoms with Crippen LogP contribution >= 0.6 is 11.6 Å². The predicted octanol–water partition coefficient (Wildman–Crippen LogP) is 5.39. The van der Waals surface area contributed by atoms with Crippen molar-refractivity contribution in [2.24, 2.45) is 0 Å². The molecule has 0 amide bonds. The van der Waals surface area contributed by atoms with Crippen molar-refractivity contribution >= 4 is 23.4 Å². The number of esters is 1. The molecule has 188 valence electrons. The summed E-state index contributed by atoms with van der Waals surface area (Å²) in [7, 11) is 1.63. The summed E-state index contributed by atoms with van der Waals surface area (Å²) in [4.78, 5) is 27.0. The van der Waals surface area contributed by atoms with Gasteiger partial charge in [0.15, 0.2) is 17.3 Å².